The fourth-order valence-electron chi connectivity index (χ4n) is 3.69. The Kier molecular flexibility index (Phi) is 10.4. The summed E-state index contributed by atoms with van der Waals surface area (Å²) in [6.07, 6.45) is 1.80. The summed E-state index contributed by atoms with van der Waals surface area (Å²) in [5.41, 5.74) is 3.58. The molecule has 0 aliphatic carbocycles. The van der Waals surface area contributed by atoms with E-state index in [9.17, 15) is 19.2 Å². The lowest BCUT2D eigenvalue weighted by molar-refractivity contribution is -0.129. The standard InChI is InChI=1S/C29H31N3O4/c33-20-17-26(32-27(34)16-15-22-9-3-1-4-10-22)29(36)31-19-8-18-30-28(35)25-14-7-13-24(21-25)23-11-5-2-6-12-23/h1-7,9-14,20-21,26H,8,15-19H2,(H,30,35)(H,31,36)(H,32,34). The first-order valence-corrected chi connectivity index (χ1v) is 12.0. The summed E-state index contributed by atoms with van der Waals surface area (Å²) in [7, 11) is 0. The minimum Gasteiger partial charge on any atom is -0.354 e. The number of aryl methyl sites for hydroxylation is 1. The predicted octanol–water partition coefficient (Wildman–Crippen LogP) is 3.30. The maximum atomic E-state index is 12.5. The summed E-state index contributed by atoms with van der Waals surface area (Å²) in [4.78, 5) is 48.2. The lowest BCUT2D eigenvalue weighted by Gasteiger charge is -2.16. The molecule has 3 N–H and O–H groups in total. The Bertz CT molecular complexity index is 1150. The first-order valence-electron chi connectivity index (χ1n) is 12.0. The fourth-order valence-corrected chi connectivity index (χ4v) is 3.69. The van der Waals surface area contributed by atoms with Gasteiger partial charge in [0.25, 0.3) is 5.91 Å². The van der Waals surface area contributed by atoms with Crippen LogP contribution in [0, 0.1) is 0 Å². The van der Waals surface area contributed by atoms with E-state index in [1.165, 1.54) is 0 Å². The Labute approximate surface area is 211 Å². The first kappa shape index (κ1) is 26.3. The molecule has 186 valence electrons. The number of nitrogens with one attached hydrogen (secondary N) is 3. The molecular weight excluding hydrogens is 454 g/mol. The largest absolute Gasteiger partial charge is 0.354 e. The average Bonchev–Trinajstić information content (AvgIpc) is 2.92. The third-order valence-corrected chi connectivity index (χ3v) is 5.64. The number of carbonyl (C=O) groups excluding carboxylic acids is 4. The molecule has 0 spiro atoms. The van der Waals surface area contributed by atoms with Gasteiger partial charge in [-0.3, -0.25) is 14.4 Å². The summed E-state index contributed by atoms with van der Waals surface area (Å²) in [5, 5.41) is 8.22. The van der Waals surface area contributed by atoms with Gasteiger partial charge in [0.15, 0.2) is 0 Å². The molecule has 0 aliphatic rings. The summed E-state index contributed by atoms with van der Waals surface area (Å²) < 4.78 is 0. The van der Waals surface area contributed by atoms with Crippen LogP contribution in [-0.4, -0.2) is 43.1 Å². The SMILES string of the molecule is O=CCC(NC(=O)CCc1ccccc1)C(=O)NCCCNC(=O)c1cccc(-c2ccccc2)c1. The van der Waals surface area contributed by atoms with Crippen molar-refractivity contribution in [3.05, 3.63) is 96.1 Å². The highest BCUT2D eigenvalue weighted by Gasteiger charge is 2.20. The lowest BCUT2D eigenvalue weighted by Crippen LogP contribution is -2.47. The number of amides is 3. The van der Waals surface area contributed by atoms with Gasteiger partial charge in [-0.1, -0.05) is 72.8 Å². The van der Waals surface area contributed by atoms with Crippen molar-refractivity contribution >= 4 is 24.0 Å². The highest BCUT2D eigenvalue weighted by atomic mass is 16.2. The quantitative estimate of drug-likeness (QED) is 0.255. The second-order valence-electron chi connectivity index (χ2n) is 8.36. The maximum absolute atomic E-state index is 12.5. The molecule has 0 bridgehead atoms. The number of hydrogen-bond acceptors (Lipinski definition) is 4. The van der Waals surface area contributed by atoms with E-state index in [0.29, 0.717) is 37.8 Å². The molecule has 3 aromatic carbocycles. The lowest BCUT2D eigenvalue weighted by atomic mass is 10.0. The van der Waals surface area contributed by atoms with Crippen molar-refractivity contribution in [2.24, 2.45) is 0 Å². The van der Waals surface area contributed by atoms with Crippen LogP contribution in [0.1, 0.15) is 35.2 Å². The Morgan fingerprint density at radius 1 is 0.778 bits per heavy atom. The Morgan fingerprint density at radius 3 is 2.17 bits per heavy atom. The van der Waals surface area contributed by atoms with Gasteiger partial charge in [-0.25, -0.2) is 0 Å². The van der Waals surface area contributed by atoms with Crippen LogP contribution in [0.4, 0.5) is 0 Å². The van der Waals surface area contributed by atoms with Crippen LogP contribution >= 0.6 is 0 Å². The van der Waals surface area contributed by atoms with Gasteiger partial charge in [-0.05, 0) is 41.7 Å². The van der Waals surface area contributed by atoms with E-state index < -0.39 is 11.9 Å². The van der Waals surface area contributed by atoms with Crippen LogP contribution < -0.4 is 16.0 Å². The van der Waals surface area contributed by atoms with Crippen molar-refractivity contribution < 1.29 is 19.2 Å². The topological polar surface area (TPSA) is 104 Å². The molecule has 3 aromatic rings. The molecule has 1 unspecified atom stereocenters. The van der Waals surface area contributed by atoms with Crippen LogP contribution in [0.25, 0.3) is 11.1 Å². The van der Waals surface area contributed by atoms with E-state index in [4.69, 9.17) is 0 Å². The molecule has 0 aromatic heterocycles. The molecule has 3 rings (SSSR count). The van der Waals surface area contributed by atoms with E-state index in [2.05, 4.69) is 16.0 Å². The minimum atomic E-state index is -0.916. The van der Waals surface area contributed by atoms with Gasteiger partial charge in [0.1, 0.15) is 12.3 Å². The van der Waals surface area contributed by atoms with E-state index in [0.717, 1.165) is 16.7 Å². The van der Waals surface area contributed by atoms with Gasteiger partial charge in [0, 0.05) is 31.5 Å². The molecule has 7 nitrogen and oxygen atoms in total. The first-order chi connectivity index (χ1) is 17.6. The molecule has 36 heavy (non-hydrogen) atoms. The van der Waals surface area contributed by atoms with Crippen LogP contribution in [0.3, 0.4) is 0 Å². The molecule has 7 heteroatoms. The maximum Gasteiger partial charge on any atom is 0.251 e. The number of hydrogen-bond donors (Lipinski definition) is 3. The number of carbonyl (C=O) groups is 4. The molecule has 0 fully saturated rings. The van der Waals surface area contributed by atoms with Crippen molar-refractivity contribution in [1.82, 2.24) is 16.0 Å². The van der Waals surface area contributed by atoms with Crippen molar-refractivity contribution in [2.45, 2.75) is 31.7 Å². The van der Waals surface area contributed by atoms with Gasteiger partial charge in [-0.2, -0.15) is 0 Å². The second kappa shape index (κ2) is 14.2. The van der Waals surface area contributed by atoms with E-state index in [-0.39, 0.29) is 24.7 Å². The van der Waals surface area contributed by atoms with Gasteiger partial charge in [0.05, 0.1) is 0 Å². The Balaban J connectivity index is 1.39. The smallest absolute Gasteiger partial charge is 0.251 e. The molecule has 3 amide bonds. The third kappa shape index (κ3) is 8.51. The molecule has 0 heterocycles. The second-order valence-corrected chi connectivity index (χ2v) is 8.36. The molecule has 0 aliphatic heterocycles. The fraction of sp³-hybridized carbons (Fsp3) is 0.241. The number of rotatable bonds is 13. The van der Waals surface area contributed by atoms with Gasteiger partial charge in [0.2, 0.25) is 11.8 Å². The van der Waals surface area contributed by atoms with E-state index >= 15 is 0 Å². The molecule has 0 saturated carbocycles. The summed E-state index contributed by atoms with van der Waals surface area (Å²) in [6.45, 7) is 0.675. The zero-order valence-electron chi connectivity index (χ0n) is 20.1. The van der Waals surface area contributed by atoms with Crippen molar-refractivity contribution in [1.29, 1.82) is 0 Å². The van der Waals surface area contributed by atoms with Crippen molar-refractivity contribution in [2.75, 3.05) is 13.1 Å². The third-order valence-electron chi connectivity index (χ3n) is 5.64. The molecular formula is C29H31N3O4. The highest BCUT2D eigenvalue weighted by Crippen LogP contribution is 2.19. The van der Waals surface area contributed by atoms with Crippen LogP contribution in [-0.2, 0) is 20.8 Å². The summed E-state index contributed by atoms with van der Waals surface area (Å²) in [6, 6.07) is 25.9. The number of aldehydes is 1. The van der Waals surface area contributed by atoms with E-state index in [1.807, 2.05) is 78.9 Å². The highest BCUT2D eigenvalue weighted by molar-refractivity contribution is 5.95. The van der Waals surface area contributed by atoms with E-state index in [1.54, 1.807) is 6.07 Å². The molecule has 0 radical (unpaired) electrons. The summed E-state index contributed by atoms with van der Waals surface area (Å²) in [5.74, 6) is -0.897. The zero-order valence-corrected chi connectivity index (χ0v) is 20.1. The Morgan fingerprint density at radius 2 is 1.44 bits per heavy atom. The van der Waals surface area contributed by atoms with Crippen LogP contribution in [0.2, 0.25) is 0 Å². The van der Waals surface area contributed by atoms with Gasteiger partial charge >= 0.3 is 0 Å². The molecule has 1 atom stereocenters. The minimum absolute atomic E-state index is 0.0998. The van der Waals surface area contributed by atoms with Crippen LogP contribution in [0.15, 0.2) is 84.9 Å². The van der Waals surface area contributed by atoms with Crippen molar-refractivity contribution in [3.63, 3.8) is 0 Å². The van der Waals surface area contributed by atoms with Crippen molar-refractivity contribution in [3.8, 4) is 11.1 Å². The van der Waals surface area contributed by atoms with Gasteiger partial charge < -0.3 is 20.7 Å². The normalized spacial score (nSPS) is 11.2. The Hall–Kier alpha value is -4.26. The number of benzene rings is 3. The van der Waals surface area contributed by atoms with Gasteiger partial charge in [-0.15, -0.1) is 0 Å². The monoisotopic (exact) mass is 485 g/mol. The molecule has 0 saturated heterocycles. The van der Waals surface area contributed by atoms with Crippen LogP contribution in [0.5, 0.6) is 0 Å². The zero-order chi connectivity index (χ0) is 25.6. The average molecular weight is 486 g/mol. The predicted molar refractivity (Wildman–Crippen MR) is 139 cm³/mol. The summed E-state index contributed by atoms with van der Waals surface area (Å²) >= 11 is 0.